The fourth-order valence-corrected chi connectivity index (χ4v) is 2.33. The van der Waals surface area contributed by atoms with Crippen molar-refractivity contribution in [3.63, 3.8) is 0 Å². The summed E-state index contributed by atoms with van der Waals surface area (Å²) in [6.07, 6.45) is 3.69. The number of guanidine groups is 1. The standard InChI is InChI=1S/C18H33N3O3/c1-5-23-17(15(2)3)9-11-20-18(21-12-14-22-4)19-10-8-16-7-6-13-24-16/h6-7,13,15,17H,5,8-12,14H2,1-4H3,(H2,19,20,21). The third kappa shape index (κ3) is 8.93. The van der Waals surface area contributed by atoms with Gasteiger partial charge in [-0.1, -0.05) is 13.8 Å². The molecule has 1 heterocycles. The largest absolute Gasteiger partial charge is 0.469 e. The van der Waals surface area contributed by atoms with Crippen LogP contribution in [0.3, 0.4) is 0 Å². The highest BCUT2D eigenvalue weighted by Crippen LogP contribution is 2.10. The Morgan fingerprint density at radius 2 is 2.08 bits per heavy atom. The molecule has 1 atom stereocenters. The molecule has 0 fully saturated rings. The van der Waals surface area contributed by atoms with Crippen LogP contribution in [0.25, 0.3) is 0 Å². The van der Waals surface area contributed by atoms with Crippen molar-refractivity contribution in [2.45, 2.75) is 39.7 Å². The molecule has 1 unspecified atom stereocenters. The lowest BCUT2D eigenvalue weighted by Gasteiger charge is -2.20. The predicted molar refractivity (Wildman–Crippen MR) is 97.5 cm³/mol. The summed E-state index contributed by atoms with van der Waals surface area (Å²) in [7, 11) is 1.69. The second kappa shape index (κ2) is 12.8. The predicted octanol–water partition coefficient (Wildman–Crippen LogP) is 2.45. The van der Waals surface area contributed by atoms with Crippen molar-refractivity contribution in [3.8, 4) is 0 Å². The van der Waals surface area contributed by atoms with Crippen LogP contribution >= 0.6 is 0 Å². The molecule has 0 aliphatic heterocycles. The van der Waals surface area contributed by atoms with Gasteiger partial charge in [-0.25, -0.2) is 0 Å². The van der Waals surface area contributed by atoms with Gasteiger partial charge in [-0.15, -0.1) is 0 Å². The van der Waals surface area contributed by atoms with Crippen LogP contribution < -0.4 is 10.6 Å². The van der Waals surface area contributed by atoms with E-state index >= 15 is 0 Å². The molecule has 0 amide bonds. The molecule has 1 aromatic rings. The zero-order valence-corrected chi connectivity index (χ0v) is 15.5. The first-order valence-corrected chi connectivity index (χ1v) is 8.82. The molecule has 0 spiro atoms. The minimum atomic E-state index is 0.252. The second-order valence-electron chi connectivity index (χ2n) is 5.93. The molecule has 0 bridgehead atoms. The monoisotopic (exact) mass is 339 g/mol. The van der Waals surface area contributed by atoms with E-state index in [-0.39, 0.29) is 6.10 Å². The van der Waals surface area contributed by atoms with Crippen molar-refractivity contribution >= 4 is 5.96 Å². The molecule has 1 rings (SSSR count). The summed E-state index contributed by atoms with van der Waals surface area (Å²) in [6, 6.07) is 3.88. The number of nitrogens with one attached hydrogen (secondary N) is 2. The summed E-state index contributed by atoms with van der Waals surface area (Å²) >= 11 is 0. The quantitative estimate of drug-likeness (QED) is 0.348. The van der Waals surface area contributed by atoms with Gasteiger partial charge in [0.25, 0.3) is 0 Å². The highest BCUT2D eigenvalue weighted by molar-refractivity contribution is 5.79. The average molecular weight is 339 g/mol. The van der Waals surface area contributed by atoms with Gasteiger partial charge in [0.2, 0.25) is 0 Å². The number of methoxy groups -OCH3 is 1. The summed E-state index contributed by atoms with van der Waals surface area (Å²) in [5, 5.41) is 6.61. The average Bonchev–Trinajstić information content (AvgIpc) is 3.07. The van der Waals surface area contributed by atoms with Gasteiger partial charge < -0.3 is 24.5 Å². The van der Waals surface area contributed by atoms with E-state index in [1.807, 2.05) is 19.1 Å². The molecule has 24 heavy (non-hydrogen) atoms. The van der Waals surface area contributed by atoms with Gasteiger partial charge in [-0.3, -0.25) is 4.99 Å². The van der Waals surface area contributed by atoms with Crippen LogP contribution in [0.1, 0.15) is 33.0 Å². The van der Waals surface area contributed by atoms with Crippen LogP contribution in [-0.4, -0.2) is 52.0 Å². The van der Waals surface area contributed by atoms with E-state index in [0.717, 1.165) is 50.8 Å². The molecule has 138 valence electrons. The molecule has 0 aliphatic rings. The van der Waals surface area contributed by atoms with Crippen LogP contribution in [0.15, 0.2) is 27.8 Å². The van der Waals surface area contributed by atoms with Gasteiger partial charge in [-0.05, 0) is 31.4 Å². The number of furan rings is 1. The number of hydrogen-bond donors (Lipinski definition) is 2. The summed E-state index contributed by atoms with van der Waals surface area (Å²) in [4.78, 5) is 4.65. The minimum Gasteiger partial charge on any atom is -0.469 e. The zero-order valence-electron chi connectivity index (χ0n) is 15.5. The van der Waals surface area contributed by atoms with Crippen LogP contribution in [0, 0.1) is 5.92 Å². The summed E-state index contributed by atoms with van der Waals surface area (Å²) < 4.78 is 16.2. The van der Waals surface area contributed by atoms with E-state index in [0.29, 0.717) is 12.5 Å². The van der Waals surface area contributed by atoms with E-state index in [1.54, 1.807) is 13.4 Å². The molecular weight excluding hydrogens is 306 g/mol. The maximum absolute atomic E-state index is 5.77. The van der Waals surface area contributed by atoms with Gasteiger partial charge in [-0.2, -0.15) is 0 Å². The molecule has 0 saturated carbocycles. The normalized spacial score (nSPS) is 13.3. The summed E-state index contributed by atoms with van der Waals surface area (Å²) in [5.74, 6) is 2.27. The summed E-state index contributed by atoms with van der Waals surface area (Å²) in [6.45, 7) is 10.0. The maximum Gasteiger partial charge on any atom is 0.191 e. The molecule has 1 aromatic heterocycles. The Hall–Kier alpha value is -1.53. The van der Waals surface area contributed by atoms with Gasteiger partial charge in [0.05, 0.1) is 19.0 Å². The van der Waals surface area contributed by atoms with Gasteiger partial charge in [0.1, 0.15) is 5.76 Å². The minimum absolute atomic E-state index is 0.252. The van der Waals surface area contributed by atoms with Crippen LogP contribution in [0.2, 0.25) is 0 Å². The number of nitrogens with zero attached hydrogens (tertiary/aromatic N) is 1. The highest BCUT2D eigenvalue weighted by Gasteiger charge is 2.12. The Labute approximate surface area is 146 Å². The Balaban J connectivity index is 2.43. The first kappa shape index (κ1) is 20.5. The number of rotatable bonds is 12. The van der Waals surface area contributed by atoms with Crippen LogP contribution in [0.4, 0.5) is 0 Å². The first-order valence-electron chi connectivity index (χ1n) is 8.82. The molecule has 6 nitrogen and oxygen atoms in total. The van der Waals surface area contributed by atoms with E-state index in [2.05, 4.69) is 29.5 Å². The topological polar surface area (TPSA) is 68.0 Å². The second-order valence-corrected chi connectivity index (χ2v) is 5.93. The van der Waals surface area contributed by atoms with Crippen molar-refractivity contribution < 1.29 is 13.9 Å². The third-order valence-electron chi connectivity index (χ3n) is 3.65. The fourth-order valence-electron chi connectivity index (χ4n) is 2.33. The lowest BCUT2D eigenvalue weighted by Crippen LogP contribution is -2.40. The zero-order chi connectivity index (χ0) is 17.6. The molecule has 0 saturated heterocycles. The molecule has 0 aromatic carbocycles. The van der Waals surface area contributed by atoms with Crippen molar-refractivity contribution in [1.82, 2.24) is 10.6 Å². The van der Waals surface area contributed by atoms with Crippen molar-refractivity contribution in [3.05, 3.63) is 24.2 Å². The molecule has 0 aliphatic carbocycles. The number of hydrogen-bond acceptors (Lipinski definition) is 4. The SMILES string of the molecule is CCOC(CCN=C(NCCOC)NCCc1ccco1)C(C)C. The van der Waals surface area contributed by atoms with E-state index in [1.165, 1.54) is 0 Å². The first-order chi connectivity index (χ1) is 11.7. The Morgan fingerprint density at radius 1 is 1.29 bits per heavy atom. The van der Waals surface area contributed by atoms with Gasteiger partial charge >= 0.3 is 0 Å². The Kier molecular flexibility index (Phi) is 11.0. The van der Waals surface area contributed by atoms with Crippen molar-refractivity contribution in [2.24, 2.45) is 10.9 Å². The van der Waals surface area contributed by atoms with Gasteiger partial charge in [0, 0.05) is 39.8 Å². The Bertz CT molecular complexity index is 433. The smallest absolute Gasteiger partial charge is 0.191 e. The third-order valence-corrected chi connectivity index (χ3v) is 3.65. The lowest BCUT2D eigenvalue weighted by molar-refractivity contribution is 0.0266. The van der Waals surface area contributed by atoms with Crippen molar-refractivity contribution in [1.29, 1.82) is 0 Å². The van der Waals surface area contributed by atoms with Crippen LogP contribution in [-0.2, 0) is 15.9 Å². The molecular formula is C18H33N3O3. The number of ether oxygens (including phenoxy) is 2. The Morgan fingerprint density at radius 3 is 2.71 bits per heavy atom. The van der Waals surface area contributed by atoms with E-state index in [4.69, 9.17) is 13.9 Å². The fraction of sp³-hybridized carbons (Fsp3) is 0.722. The van der Waals surface area contributed by atoms with E-state index < -0.39 is 0 Å². The maximum atomic E-state index is 5.77. The highest BCUT2D eigenvalue weighted by atomic mass is 16.5. The van der Waals surface area contributed by atoms with Crippen LogP contribution in [0.5, 0.6) is 0 Å². The molecule has 6 heteroatoms. The molecule has 2 N–H and O–H groups in total. The van der Waals surface area contributed by atoms with Gasteiger partial charge in [0.15, 0.2) is 5.96 Å². The molecule has 0 radical (unpaired) electrons. The number of aliphatic imine (C=N–C) groups is 1. The lowest BCUT2D eigenvalue weighted by atomic mass is 10.0. The van der Waals surface area contributed by atoms with Crippen molar-refractivity contribution in [2.75, 3.05) is 40.0 Å². The van der Waals surface area contributed by atoms with E-state index in [9.17, 15) is 0 Å². The summed E-state index contributed by atoms with van der Waals surface area (Å²) in [5.41, 5.74) is 0.